The molecule has 2 heterocycles. The van der Waals surface area contributed by atoms with E-state index in [1.54, 1.807) is 0 Å². The van der Waals surface area contributed by atoms with Crippen LogP contribution in [0.2, 0.25) is 15.1 Å². The zero-order valence-electron chi connectivity index (χ0n) is 17.8. The first kappa shape index (κ1) is 25.1. The predicted octanol–water partition coefficient (Wildman–Crippen LogP) is 6.79. The molecule has 1 N–H and O–H groups in total. The van der Waals surface area contributed by atoms with Gasteiger partial charge in [0, 0.05) is 12.0 Å². The number of hydrogen-bond donors (Lipinski definition) is 1. The Bertz CT molecular complexity index is 1120. The topological polar surface area (TPSA) is 41.6 Å². The van der Waals surface area contributed by atoms with Gasteiger partial charge in [0.25, 0.3) is 0 Å². The lowest BCUT2D eigenvalue weighted by Crippen LogP contribution is -2.58. The van der Waals surface area contributed by atoms with Crippen molar-refractivity contribution in [1.82, 2.24) is 10.4 Å². The lowest BCUT2D eigenvalue weighted by Gasteiger charge is -2.44. The van der Waals surface area contributed by atoms with Crippen LogP contribution in [0.1, 0.15) is 36.5 Å². The molecular weight excluding hydrogens is 519 g/mol. The lowest BCUT2D eigenvalue weighted by molar-refractivity contribution is -0.269. The van der Waals surface area contributed by atoms with Crippen molar-refractivity contribution in [3.8, 4) is 0 Å². The standard InChI is InChI=1S/C23H19Cl3F4N2O2/c1-2-3-19(33)32-11-21(27,12-32)14-6-4-13(5-7-14)18-10-22(34-31-18,23(28,29)30)15-8-16(24)20(26)17(25)9-15/h4-10,31H,2-3,11-12H2,1H3. The van der Waals surface area contributed by atoms with E-state index in [1.165, 1.54) is 29.2 Å². The molecule has 0 aromatic heterocycles. The molecule has 2 aromatic rings. The number of nitrogens with zero attached hydrogens (tertiary/aromatic N) is 1. The Morgan fingerprint density at radius 1 is 1.09 bits per heavy atom. The molecule has 4 nitrogen and oxygen atoms in total. The van der Waals surface area contributed by atoms with Crippen molar-refractivity contribution in [3.63, 3.8) is 0 Å². The minimum absolute atomic E-state index is 0.0346. The Labute approximate surface area is 208 Å². The van der Waals surface area contributed by atoms with E-state index in [-0.39, 0.29) is 45.3 Å². The molecule has 11 heteroatoms. The fourth-order valence-corrected chi connectivity index (χ4v) is 4.59. The maximum Gasteiger partial charge on any atom is 0.428 e. The van der Waals surface area contributed by atoms with Gasteiger partial charge in [-0.2, -0.15) is 13.2 Å². The summed E-state index contributed by atoms with van der Waals surface area (Å²) in [6.07, 6.45) is -2.95. The van der Waals surface area contributed by atoms with E-state index in [9.17, 15) is 18.0 Å². The molecule has 0 bridgehead atoms. The van der Waals surface area contributed by atoms with Gasteiger partial charge in [-0.3, -0.25) is 15.1 Å². The van der Waals surface area contributed by atoms with Crippen LogP contribution >= 0.6 is 34.8 Å². The summed E-state index contributed by atoms with van der Waals surface area (Å²) in [5, 5.41) is -0.369. The fraction of sp³-hybridized carbons (Fsp3) is 0.348. The van der Waals surface area contributed by atoms with Crippen molar-refractivity contribution < 1.29 is 27.2 Å². The largest absolute Gasteiger partial charge is 0.428 e. The quantitative estimate of drug-likeness (QED) is 0.337. The van der Waals surface area contributed by atoms with E-state index in [0.717, 1.165) is 18.2 Å². The molecular formula is C23H19Cl3F4N2O2. The van der Waals surface area contributed by atoms with Crippen LogP contribution in [-0.2, 0) is 20.9 Å². The van der Waals surface area contributed by atoms with Gasteiger partial charge in [0.1, 0.15) is 0 Å². The Morgan fingerprint density at radius 2 is 1.68 bits per heavy atom. The molecule has 1 unspecified atom stereocenters. The molecule has 0 aliphatic carbocycles. The molecule has 1 saturated heterocycles. The van der Waals surface area contributed by atoms with Crippen LogP contribution in [0, 0.1) is 0 Å². The minimum Gasteiger partial charge on any atom is -0.335 e. The van der Waals surface area contributed by atoms with E-state index in [2.05, 4.69) is 5.48 Å². The molecule has 0 radical (unpaired) electrons. The highest BCUT2D eigenvalue weighted by molar-refractivity contribution is 6.48. The van der Waals surface area contributed by atoms with Crippen LogP contribution in [-0.4, -0.2) is 30.1 Å². The highest BCUT2D eigenvalue weighted by atomic mass is 35.5. The van der Waals surface area contributed by atoms with Crippen LogP contribution in [0.15, 0.2) is 42.5 Å². The number of rotatable bonds is 5. The predicted molar refractivity (Wildman–Crippen MR) is 122 cm³/mol. The number of halogens is 7. The normalized spacial score (nSPS) is 21.6. The SMILES string of the molecule is CCCC(=O)N1CC(F)(c2ccc(C3=CC(c4cc(Cl)c(Cl)c(Cl)c4)(C(F)(F)F)ON3)cc2)C1. The van der Waals surface area contributed by atoms with E-state index >= 15 is 4.39 Å². The van der Waals surface area contributed by atoms with Gasteiger partial charge < -0.3 is 4.90 Å². The Balaban J connectivity index is 1.61. The molecule has 0 saturated carbocycles. The molecule has 1 atom stereocenters. The van der Waals surface area contributed by atoms with Gasteiger partial charge in [-0.25, -0.2) is 4.39 Å². The summed E-state index contributed by atoms with van der Waals surface area (Å²) in [5.74, 6) is -0.101. The second-order valence-electron chi connectivity index (χ2n) is 8.29. The smallest absolute Gasteiger partial charge is 0.335 e. The number of amides is 1. The van der Waals surface area contributed by atoms with Crippen molar-refractivity contribution in [3.05, 3.63) is 74.2 Å². The van der Waals surface area contributed by atoms with Crippen molar-refractivity contribution >= 4 is 46.4 Å². The van der Waals surface area contributed by atoms with Gasteiger partial charge in [-0.15, -0.1) is 0 Å². The number of hydroxylamine groups is 1. The first-order valence-electron chi connectivity index (χ1n) is 10.4. The third kappa shape index (κ3) is 4.26. The highest BCUT2D eigenvalue weighted by Gasteiger charge is 2.60. The number of likely N-dealkylation sites (tertiary alicyclic amines) is 1. The molecule has 2 aromatic carbocycles. The second kappa shape index (κ2) is 8.90. The van der Waals surface area contributed by atoms with Crippen molar-refractivity contribution in [2.75, 3.05) is 13.1 Å². The first-order valence-corrected chi connectivity index (χ1v) is 11.5. The summed E-state index contributed by atoms with van der Waals surface area (Å²) in [6.45, 7) is 1.77. The molecule has 0 spiro atoms. The summed E-state index contributed by atoms with van der Waals surface area (Å²) in [6, 6.07) is 8.05. The average Bonchev–Trinajstić information content (AvgIpc) is 3.22. The number of carbonyl (C=O) groups is 1. The van der Waals surface area contributed by atoms with Gasteiger partial charge in [-0.05, 0) is 35.8 Å². The number of nitrogens with one attached hydrogen (secondary N) is 1. The number of benzene rings is 2. The second-order valence-corrected chi connectivity index (χ2v) is 9.48. The van der Waals surface area contributed by atoms with Crippen LogP contribution < -0.4 is 5.48 Å². The van der Waals surface area contributed by atoms with Gasteiger partial charge in [-0.1, -0.05) is 66.0 Å². The molecule has 1 fully saturated rings. The van der Waals surface area contributed by atoms with Crippen molar-refractivity contribution in [2.45, 2.75) is 37.2 Å². The molecule has 4 rings (SSSR count). The van der Waals surface area contributed by atoms with Crippen LogP contribution in [0.4, 0.5) is 17.6 Å². The molecule has 2 aliphatic heterocycles. The maximum atomic E-state index is 15.2. The van der Waals surface area contributed by atoms with Gasteiger partial charge >= 0.3 is 6.18 Å². The number of alkyl halides is 4. The van der Waals surface area contributed by atoms with Crippen LogP contribution in [0.3, 0.4) is 0 Å². The van der Waals surface area contributed by atoms with Crippen molar-refractivity contribution in [1.29, 1.82) is 0 Å². The Morgan fingerprint density at radius 3 is 2.21 bits per heavy atom. The fourth-order valence-electron chi connectivity index (χ4n) is 3.99. The highest BCUT2D eigenvalue weighted by Crippen LogP contribution is 2.49. The van der Waals surface area contributed by atoms with Crippen LogP contribution in [0.5, 0.6) is 0 Å². The molecule has 182 valence electrons. The Hall–Kier alpha value is -2.00. The maximum absolute atomic E-state index is 15.2. The number of carbonyl (C=O) groups excluding carboxylic acids is 1. The van der Waals surface area contributed by atoms with Crippen molar-refractivity contribution in [2.24, 2.45) is 0 Å². The van der Waals surface area contributed by atoms with Crippen LogP contribution in [0.25, 0.3) is 5.70 Å². The summed E-state index contributed by atoms with van der Waals surface area (Å²) >= 11 is 17.8. The third-order valence-corrected chi connectivity index (χ3v) is 7.11. The lowest BCUT2D eigenvalue weighted by atomic mass is 9.86. The zero-order chi connectivity index (χ0) is 24.9. The third-order valence-electron chi connectivity index (χ3n) is 5.92. The minimum atomic E-state index is -4.87. The molecule has 1 amide bonds. The average molecular weight is 538 g/mol. The molecule has 2 aliphatic rings. The monoisotopic (exact) mass is 536 g/mol. The number of hydrogen-bond acceptors (Lipinski definition) is 3. The first-order chi connectivity index (χ1) is 15.9. The zero-order valence-corrected chi connectivity index (χ0v) is 20.0. The van der Waals surface area contributed by atoms with Gasteiger partial charge in [0.05, 0.1) is 33.9 Å². The van der Waals surface area contributed by atoms with Gasteiger partial charge in [0.15, 0.2) is 5.67 Å². The van der Waals surface area contributed by atoms with E-state index in [0.29, 0.717) is 24.0 Å². The molecule has 34 heavy (non-hydrogen) atoms. The van der Waals surface area contributed by atoms with E-state index in [1.807, 2.05) is 6.92 Å². The summed E-state index contributed by atoms with van der Waals surface area (Å²) in [5.41, 5.74) is -1.87. The van der Waals surface area contributed by atoms with Gasteiger partial charge in [0.2, 0.25) is 11.5 Å². The Kier molecular flexibility index (Phi) is 6.57. The summed E-state index contributed by atoms with van der Waals surface area (Å²) in [7, 11) is 0. The summed E-state index contributed by atoms with van der Waals surface area (Å²) in [4.78, 5) is 18.4. The van der Waals surface area contributed by atoms with E-state index < -0.39 is 17.4 Å². The van der Waals surface area contributed by atoms with E-state index in [4.69, 9.17) is 39.6 Å². The summed E-state index contributed by atoms with van der Waals surface area (Å²) < 4.78 is 57.7.